The fraction of sp³-hybridized carbons (Fsp3) is 0.667. The van der Waals surface area contributed by atoms with Crippen molar-refractivity contribution in [2.45, 2.75) is 70.3 Å². The van der Waals surface area contributed by atoms with Crippen molar-refractivity contribution < 1.29 is 28.2 Å². The lowest BCUT2D eigenvalue weighted by atomic mass is 9.67. The standard InChI is InChI=1S/C21H28F3NO3/c1-18(2,3)14-4-6-16(7-5-14)25-13-12-19(17(25)26)10-8-15(9-11-19)20(27,28)21(22,23)24/h4-7,15,27-28H,8-13H2,1-3H3. The number of carbonyl (C=O) groups is 1. The maximum absolute atomic E-state index is 13.1. The summed E-state index contributed by atoms with van der Waals surface area (Å²) in [5.74, 6) is -5.06. The number of hydrogen-bond acceptors (Lipinski definition) is 3. The fourth-order valence-corrected chi connectivity index (χ4v) is 4.48. The van der Waals surface area contributed by atoms with Gasteiger partial charge >= 0.3 is 6.18 Å². The van der Waals surface area contributed by atoms with Crippen molar-refractivity contribution in [2.75, 3.05) is 11.4 Å². The molecule has 0 atom stereocenters. The van der Waals surface area contributed by atoms with E-state index in [1.165, 1.54) is 0 Å². The molecule has 28 heavy (non-hydrogen) atoms. The lowest BCUT2D eigenvalue weighted by Gasteiger charge is -2.41. The summed E-state index contributed by atoms with van der Waals surface area (Å²) in [6, 6.07) is 7.83. The molecule has 2 N–H and O–H groups in total. The van der Waals surface area contributed by atoms with Crippen LogP contribution in [0.3, 0.4) is 0 Å². The monoisotopic (exact) mass is 399 g/mol. The summed E-state index contributed by atoms with van der Waals surface area (Å²) in [4.78, 5) is 14.8. The quantitative estimate of drug-likeness (QED) is 0.735. The Morgan fingerprint density at radius 3 is 2.00 bits per heavy atom. The highest BCUT2D eigenvalue weighted by Crippen LogP contribution is 2.51. The molecule has 0 radical (unpaired) electrons. The summed E-state index contributed by atoms with van der Waals surface area (Å²) in [6.07, 6.45) is -4.10. The van der Waals surface area contributed by atoms with E-state index in [2.05, 4.69) is 20.8 Å². The van der Waals surface area contributed by atoms with Gasteiger partial charge in [-0.2, -0.15) is 13.2 Å². The third-order valence-electron chi connectivity index (χ3n) is 6.49. The number of nitrogens with zero attached hydrogens (tertiary/aromatic N) is 1. The topological polar surface area (TPSA) is 60.8 Å². The van der Waals surface area contributed by atoms with Crippen molar-refractivity contribution in [1.82, 2.24) is 0 Å². The SMILES string of the molecule is CC(C)(C)c1ccc(N2CCC3(CCC(C(O)(O)C(F)(F)F)CC3)C2=O)cc1. The molecule has 1 aliphatic heterocycles. The molecule has 1 aliphatic carbocycles. The predicted molar refractivity (Wildman–Crippen MR) is 99.7 cm³/mol. The van der Waals surface area contributed by atoms with Crippen LogP contribution in [0.1, 0.15) is 58.4 Å². The molecular weight excluding hydrogens is 371 g/mol. The molecule has 1 saturated heterocycles. The molecule has 1 aromatic carbocycles. The van der Waals surface area contributed by atoms with Crippen LogP contribution in [0.15, 0.2) is 24.3 Å². The molecule has 7 heteroatoms. The molecule has 1 aromatic rings. The summed E-state index contributed by atoms with van der Waals surface area (Å²) in [7, 11) is 0. The van der Waals surface area contributed by atoms with E-state index in [9.17, 15) is 28.2 Å². The number of anilines is 1. The Hall–Kier alpha value is -1.60. The Balaban J connectivity index is 1.71. The smallest absolute Gasteiger partial charge is 0.358 e. The number of hydrogen-bond donors (Lipinski definition) is 2. The van der Waals surface area contributed by atoms with Crippen LogP contribution < -0.4 is 4.90 Å². The molecule has 0 bridgehead atoms. The van der Waals surface area contributed by atoms with Crippen LogP contribution >= 0.6 is 0 Å². The minimum Gasteiger partial charge on any atom is -0.358 e. The lowest BCUT2D eigenvalue weighted by Crippen LogP contribution is -2.53. The average molecular weight is 399 g/mol. The first-order chi connectivity index (χ1) is 12.8. The second-order valence-corrected chi connectivity index (χ2v) is 9.28. The van der Waals surface area contributed by atoms with E-state index in [4.69, 9.17) is 0 Å². The normalized spacial score (nSPS) is 26.9. The van der Waals surface area contributed by atoms with Gasteiger partial charge in [-0.1, -0.05) is 32.9 Å². The van der Waals surface area contributed by atoms with Gasteiger partial charge in [0.25, 0.3) is 5.79 Å². The van der Waals surface area contributed by atoms with Gasteiger partial charge in [-0.25, -0.2) is 0 Å². The van der Waals surface area contributed by atoms with Crippen LogP contribution in [0.5, 0.6) is 0 Å². The highest BCUT2D eigenvalue weighted by molar-refractivity contribution is 6.00. The van der Waals surface area contributed by atoms with Gasteiger partial charge < -0.3 is 15.1 Å². The number of carbonyl (C=O) groups excluding carboxylic acids is 1. The zero-order valence-electron chi connectivity index (χ0n) is 16.5. The Kier molecular flexibility index (Phi) is 5.08. The van der Waals surface area contributed by atoms with Gasteiger partial charge in [0, 0.05) is 18.2 Å². The van der Waals surface area contributed by atoms with Gasteiger partial charge in [0.1, 0.15) is 0 Å². The maximum Gasteiger partial charge on any atom is 0.443 e. The van der Waals surface area contributed by atoms with Crippen LogP contribution in [-0.2, 0) is 10.2 Å². The molecule has 0 unspecified atom stereocenters. The molecule has 1 amide bonds. The molecule has 1 spiro atoms. The molecule has 2 aliphatic rings. The first-order valence-corrected chi connectivity index (χ1v) is 9.72. The summed E-state index contributed by atoms with van der Waals surface area (Å²) >= 11 is 0. The number of halogens is 3. The first kappa shape index (κ1) is 21.1. The van der Waals surface area contributed by atoms with E-state index in [1.54, 1.807) is 4.90 Å². The van der Waals surface area contributed by atoms with Gasteiger partial charge in [-0.15, -0.1) is 0 Å². The lowest BCUT2D eigenvalue weighted by molar-refractivity contribution is -0.373. The number of amides is 1. The number of rotatable bonds is 2. The number of aliphatic hydroxyl groups is 2. The van der Waals surface area contributed by atoms with Crippen LogP contribution in [0.2, 0.25) is 0 Å². The third kappa shape index (κ3) is 3.54. The number of alkyl halides is 3. The van der Waals surface area contributed by atoms with Gasteiger partial charge in [0.15, 0.2) is 0 Å². The van der Waals surface area contributed by atoms with Crippen molar-refractivity contribution in [2.24, 2.45) is 11.3 Å². The molecule has 1 saturated carbocycles. The van der Waals surface area contributed by atoms with E-state index >= 15 is 0 Å². The zero-order valence-corrected chi connectivity index (χ0v) is 16.5. The van der Waals surface area contributed by atoms with Crippen LogP contribution in [0.25, 0.3) is 0 Å². The fourth-order valence-electron chi connectivity index (χ4n) is 4.48. The highest BCUT2D eigenvalue weighted by Gasteiger charge is 2.60. The Morgan fingerprint density at radius 1 is 1.00 bits per heavy atom. The van der Waals surface area contributed by atoms with Crippen molar-refractivity contribution >= 4 is 11.6 Å². The Labute approximate surface area is 163 Å². The summed E-state index contributed by atoms with van der Waals surface area (Å²) in [5.41, 5.74) is 1.27. The van der Waals surface area contributed by atoms with Gasteiger partial charge in [-0.05, 0) is 55.2 Å². The van der Waals surface area contributed by atoms with Crippen molar-refractivity contribution in [1.29, 1.82) is 0 Å². The second-order valence-electron chi connectivity index (χ2n) is 9.28. The predicted octanol–water partition coefficient (Wildman–Crippen LogP) is 4.14. The highest BCUT2D eigenvalue weighted by atomic mass is 19.4. The van der Waals surface area contributed by atoms with E-state index < -0.39 is 23.3 Å². The van der Waals surface area contributed by atoms with Crippen molar-refractivity contribution in [3.63, 3.8) is 0 Å². The molecule has 2 fully saturated rings. The van der Waals surface area contributed by atoms with Crippen LogP contribution in [0, 0.1) is 11.3 Å². The summed E-state index contributed by atoms with van der Waals surface area (Å²) < 4.78 is 38.7. The van der Waals surface area contributed by atoms with Gasteiger partial charge in [0.2, 0.25) is 5.91 Å². The zero-order chi connectivity index (χ0) is 21.0. The molecule has 3 rings (SSSR count). The first-order valence-electron chi connectivity index (χ1n) is 9.72. The molecule has 4 nitrogen and oxygen atoms in total. The largest absolute Gasteiger partial charge is 0.443 e. The Morgan fingerprint density at radius 2 is 1.54 bits per heavy atom. The van der Waals surface area contributed by atoms with Crippen molar-refractivity contribution in [3.05, 3.63) is 29.8 Å². The minimum atomic E-state index is -5.09. The third-order valence-corrected chi connectivity index (χ3v) is 6.49. The molecular formula is C21H28F3NO3. The van der Waals surface area contributed by atoms with E-state index in [0.717, 1.165) is 11.3 Å². The van der Waals surface area contributed by atoms with E-state index in [0.29, 0.717) is 13.0 Å². The second kappa shape index (κ2) is 6.73. The van der Waals surface area contributed by atoms with Gasteiger partial charge in [-0.3, -0.25) is 4.79 Å². The minimum absolute atomic E-state index is 0.00667. The maximum atomic E-state index is 13.1. The van der Waals surface area contributed by atoms with Crippen LogP contribution in [-0.4, -0.2) is 34.6 Å². The summed E-state index contributed by atoms with van der Waals surface area (Å²) in [5, 5.41) is 19.1. The van der Waals surface area contributed by atoms with E-state index in [-0.39, 0.29) is 37.0 Å². The van der Waals surface area contributed by atoms with E-state index in [1.807, 2.05) is 24.3 Å². The summed E-state index contributed by atoms with van der Waals surface area (Å²) in [6.45, 7) is 6.86. The Bertz CT molecular complexity index is 727. The van der Waals surface area contributed by atoms with Crippen LogP contribution in [0.4, 0.5) is 18.9 Å². The molecule has 0 aromatic heterocycles. The average Bonchev–Trinajstić information content (AvgIpc) is 2.90. The van der Waals surface area contributed by atoms with Crippen molar-refractivity contribution in [3.8, 4) is 0 Å². The molecule has 1 heterocycles. The van der Waals surface area contributed by atoms with Gasteiger partial charge in [0.05, 0.1) is 5.41 Å². The number of benzene rings is 1. The molecule has 156 valence electrons.